The molecule has 0 radical (unpaired) electrons. The molecular weight excluding hydrogens is 257 g/mol. The highest BCUT2D eigenvalue weighted by Gasteiger charge is 2.30. The molecule has 1 aromatic carbocycles. The van der Waals surface area contributed by atoms with Crippen LogP contribution in [0.5, 0.6) is 0 Å². The molecule has 1 aromatic rings. The molecule has 0 saturated heterocycles. The fourth-order valence-electron chi connectivity index (χ4n) is 1.98. The van der Waals surface area contributed by atoms with E-state index in [1.54, 1.807) is 12.1 Å². The predicted octanol–water partition coefficient (Wildman–Crippen LogP) is 2.24. The van der Waals surface area contributed by atoms with Crippen molar-refractivity contribution in [2.75, 3.05) is 6.54 Å². The van der Waals surface area contributed by atoms with Crippen LogP contribution < -0.4 is 11.1 Å². The lowest BCUT2D eigenvalue weighted by Gasteiger charge is -2.17. The van der Waals surface area contributed by atoms with Gasteiger partial charge in [0.1, 0.15) is 6.04 Å². The van der Waals surface area contributed by atoms with E-state index in [1.165, 1.54) is 0 Å². The van der Waals surface area contributed by atoms with Gasteiger partial charge in [0, 0.05) is 0 Å². The standard InChI is InChI=1S/C13H15F3N2O/c14-13(15,16)7-18-11(12(17)19)10-5-3-9(4-6-10)8-1-2-8/h3-6,8,11,18H,1-2,7H2,(H2,17,19). The molecule has 19 heavy (non-hydrogen) atoms. The Balaban J connectivity index is 2.07. The maximum atomic E-state index is 12.2. The van der Waals surface area contributed by atoms with Gasteiger partial charge < -0.3 is 5.73 Å². The number of nitrogens with two attached hydrogens (primary N) is 1. The Kier molecular flexibility index (Phi) is 3.80. The molecule has 1 fully saturated rings. The summed E-state index contributed by atoms with van der Waals surface area (Å²) in [6.07, 6.45) is -2.09. The molecule has 0 bridgehead atoms. The van der Waals surface area contributed by atoms with Crippen molar-refractivity contribution in [1.82, 2.24) is 5.32 Å². The van der Waals surface area contributed by atoms with E-state index in [0.29, 0.717) is 11.5 Å². The molecule has 6 heteroatoms. The van der Waals surface area contributed by atoms with Crippen LogP contribution in [0.2, 0.25) is 0 Å². The number of nitrogens with one attached hydrogen (secondary N) is 1. The van der Waals surface area contributed by atoms with Crippen LogP contribution in [0, 0.1) is 0 Å². The topological polar surface area (TPSA) is 55.1 Å². The normalized spacial score (nSPS) is 17.2. The molecule has 1 saturated carbocycles. The fraction of sp³-hybridized carbons (Fsp3) is 0.462. The van der Waals surface area contributed by atoms with Gasteiger partial charge in [0.2, 0.25) is 5.91 Å². The first-order valence-corrected chi connectivity index (χ1v) is 6.06. The van der Waals surface area contributed by atoms with Crippen molar-refractivity contribution >= 4 is 5.91 Å². The monoisotopic (exact) mass is 272 g/mol. The molecule has 104 valence electrons. The summed E-state index contributed by atoms with van der Waals surface area (Å²) in [7, 11) is 0. The number of rotatable bonds is 5. The minimum absolute atomic E-state index is 0.459. The molecule has 0 aliphatic heterocycles. The van der Waals surface area contributed by atoms with E-state index in [9.17, 15) is 18.0 Å². The molecule has 3 nitrogen and oxygen atoms in total. The Labute approximate surface area is 109 Å². The van der Waals surface area contributed by atoms with Gasteiger partial charge in [-0.25, -0.2) is 0 Å². The largest absolute Gasteiger partial charge is 0.401 e. The molecule has 2 rings (SSSR count). The number of alkyl halides is 3. The quantitative estimate of drug-likeness (QED) is 0.863. The average Bonchev–Trinajstić information content (AvgIpc) is 3.12. The second-order valence-electron chi connectivity index (χ2n) is 4.77. The highest BCUT2D eigenvalue weighted by atomic mass is 19.4. The van der Waals surface area contributed by atoms with Crippen molar-refractivity contribution in [2.24, 2.45) is 5.73 Å². The number of benzene rings is 1. The fourth-order valence-corrected chi connectivity index (χ4v) is 1.98. The van der Waals surface area contributed by atoms with Crippen LogP contribution in [-0.2, 0) is 4.79 Å². The second kappa shape index (κ2) is 5.21. The van der Waals surface area contributed by atoms with E-state index in [2.05, 4.69) is 5.32 Å². The Morgan fingerprint density at radius 2 is 1.89 bits per heavy atom. The van der Waals surface area contributed by atoms with E-state index in [1.807, 2.05) is 12.1 Å². The zero-order chi connectivity index (χ0) is 14.0. The van der Waals surface area contributed by atoms with Crippen molar-refractivity contribution in [1.29, 1.82) is 0 Å². The smallest absolute Gasteiger partial charge is 0.368 e. The summed E-state index contributed by atoms with van der Waals surface area (Å²) in [5.41, 5.74) is 6.75. The molecule has 1 unspecified atom stereocenters. The maximum Gasteiger partial charge on any atom is 0.401 e. The first-order chi connectivity index (χ1) is 8.87. The van der Waals surface area contributed by atoms with Crippen molar-refractivity contribution in [3.05, 3.63) is 35.4 Å². The molecule has 1 aliphatic carbocycles. The van der Waals surface area contributed by atoms with Crippen molar-refractivity contribution in [3.63, 3.8) is 0 Å². The lowest BCUT2D eigenvalue weighted by Crippen LogP contribution is -2.38. The predicted molar refractivity (Wildman–Crippen MR) is 64.4 cm³/mol. The van der Waals surface area contributed by atoms with E-state index in [4.69, 9.17) is 5.73 Å². The minimum atomic E-state index is -4.37. The molecule has 1 atom stereocenters. The molecule has 1 amide bonds. The first kappa shape index (κ1) is 13.9. The van der Waals surface area contributed by atoms with E-state index in [-0.39, 0.29) is 0 Å². The second-order valence-corrected chi connectivity index (χ2v) is 4.77. The third-order valence-electron chi connectivity index (χ3n) is 3.11. The molecule has 3 N–H and O–H groups in total. The number of primary amides is 1. The highest BCUT2D eigenvalue weighted by Crippen LogP contribution is 2.40. The third-order valence-corrected chi connectivity index (χ3v) is 3.11. The van der Waals surface area contributed by atoms with Gasteiger partial charge in [-0.1, -0.05) is 24.3 Å². The van der Waals surface area contributed by atoms with Gasteiger partial charge in [-0.2, -0.15) is 13.2 Å². The summed E-state index contributed by atoms with van der Waals surface area (Å²) < 4.78 is 36.5. The maximum absolute atomic E-state index is 12.2. The lowest BCUT2D eigenvalue weighted by molar-refractivity contribution is -0.130. The van der Waals surface area contributed by atoms with Gasteiger partial charge in [0.05, 0.1) is 6.54 Å². The highest BCUT2D eigenvalue weighted by molar-refractivity contribution is 5.81. The van der Waals surface area contributed by atoms with Gasteiger partial charge in [-0.3, -0.25) is 10.1 Å². The Morgan fingerprint density at radius 3 is 2.32 bits per heavy atom. The summed E-state index contributed by atoms with van der Waals surface area (Å²) >= 11 is 0. The van der Waals surface area contributed by atoms with Crippen LogP contribution >= 0.6 is 0 Å². The summed E-state index contributed by atoms with van der Waals surface area (Å²) in [4.78, 5) is 11.2. The number of carbonyl (C=O) groups is 1. The zero-order valence-corrected chi connectivity index (χ0v) is 10.2. The molecule has 0 heterocycles. The molecular formula is C13H15F3N2O. The summed E-state index contributed by atoms with van der Waals surface area (Å²) in [6.45, 7) is -1.25. The van der Waals surface area contributed by atoms with Gasteiger partial charge in [-0.05, 0) is 29.9 Å². The number of hydrogen-bond donors (Lipinski definition) is 2. The van der Waals surface area contributed by atoms with Crippen molar-refractivity contribution < 1.29 is 18.0 Å². The van der Waals surface area contributed by atoms with E-state index >= 15 is 0 Å². The van der Waals surface area contributed by atoms with E-state index in [0.717, 1.165) is 18.4 Å². The van der Waals surface area contributed by atoms with Gasteiger partial charge in [0.15, 0.2) is 0 Å². The van der Waals surface area contributed by atoms with Crippen molar-refractivity contribution in [3.8, 4) is 0 Å². The molecule has 0 spiro atoms. The summed E-state index contributed by atoms with van der Waals surface area (Å²) in [5.74, 6) is -0.257. The van der Waals surface area contributed by atoms with Crippen LogP contribution in [0.4, 0.5) is 13.2 Å². The van der Waals surface area contributed by atoms with E-state index < -0.39 is 24.7 Å². The van der Waals surface area contributed by atoms with Crippen LogP contribution in [0.1, 0.15) is 35.9 Å². The van der Waals surface area contributed by atoms with Gasteiger partial charge in [0.25, 0.3) is 0 Å². The number of amides is 1. The average molecular weight is 272 g/mol. The summed E-state index contributed by atoms with van der Waals surface area (Å²) in [6, 6.07) is 5.89. The molecule has 0 aromatic heterocycles. The van der Waals surface area contributed by atoms with Gasteiger partial charge in [-0.15, -0.1) is 0 Å². The third kappa shape index (κ3) is 3.96. The van der Waals surface area contributed by atoms with Crippen molar-refractivity contribution in [2.45, 2.75) is 31.0 Å². The van der Waals surface area contributed by atoms with Crippen LogP contribution in [0.3, 0.4) is 0 Å². The minimum Gasteiger partial charge on any atom is -0.368 e. The van der Waals surface area contributed by atoms with Gasteiger partial charge >= 0.3 is 6.18 Å². The zero-order valence-electron chi connectivity index (χ0n) is 10.2. The Morgan fingerprint density at radius 1 is 1.32 bits per heavy atom. The van der Waals surface area contributed by atoms with Crippen LogP contribution in [0.25, 0.3) is 0 Å². The SMILES string of the molecule is NC(=O)C(NCC(F)(F)F)c1ccc(C2CC2)cc1. The summed E-state index contributed by atoms with van der Waals surface area (Å²) in [5, 5.41) is 2.14. The first-order valence-electron chi connectivity index (χ1n) is 6.06. The van der Waals surface area contributed by atoms with Crippen LogP contribution in [0.15, 0.2) is 24.3 Å². The number of halogens is 3. The van der Waals surface area contributed by atoms with Crippen LogP contribution in [-0.4, -0.2) is 18.6 Å². The Bertz CT molecular complexity index is 452. The Hall–Kier alpha value is -1.56. The number of carbonyl (C=O) groups excluding carboxylic acids is 1. The lowest BCUT2D eigenvalue weighted by atomic mass is 10.0. The number of hydrogen-bond acceptors (Lipinski definition) is 2. The molecule has 1 aliphatic rings.